The Morgan fingerprint density at radius 3 is 2.91 bits per heavy atom. The van der Waals surface area contributed by atoms with Gasteiger partial charge < -0.3 is 4.42 Å². The first-order chi connectivity index (χ1) is 5.25. The minimum Gasteiger partial charge on any atom is -0.472 e. The number of furan rings is 1. The molecule has 0 spiro atoms. The number of carbonyl (C=O) groups is 1. The average molecular weight is 154 g/mol. The van der Waals surface area contributed by atoms with Crippen LogP contribution in [0.25, 0.3) is 0 Å². The highest BCUT2D eigenvalue weighted by Gasteiger charge is 2.11. The van der Waals surface area contributed by atoms with Gasteiger partial charge >= 0.3 is 0 Å². The maximum absolute atomic E-state index is 11.0. The van der Waals surface area contributed by atoms with Gasteiger partial charge in [0.2, 0.25) is 0 Å². The topological polar surface area (TPSA) is 62.9 Å². The Morgan fingerprint density at radius 2 is 2.45 bits per heavy atom. The molecule has 0 unspecified atom stereocenters. The zero-order chi connectivity index (χ0) is 8.27. The maximum Gasteiger partial charge on any atom is 0.279 e. The molecule has 0 aliphatic rings. The summed E-state index contributed by atoms with van der Waals surface area (Å²) in [6, 6.07) is 1.46. The lowest BCUT2D eigenvalue weighted by Gasteiger charge is -2.02. The molecule has 1 heterocycles. The van der Waals surface area contributed by atoms with Gasteiger partial charge in [0.1, 0.15) is 6.26 Å². The highest BCUT2D eigenvalue weighted by atomic mass is 16.3. The van der Waals surface area contributed by atoms with Crippen molar-refractivity contribution in [2.75, 3.05) is 7.05 Å². The third kappa shape index (κ3) is 1.43. The standard InChI is InChI=1S/C6H6N2O3/c1-8(7-10)6(9)5-2-3-11-4-5/h2-4H,1H3. The van der Waals surface area contributed by atoms with Crippen LogP contribution in [0.4, 0.5) is 0 Å². The fourth-order valence-corrected chi connectivity index (χ4v) is 0.610. The van der Waals surface area contributed by atoms with Crippen molar-refractivity contribution in [2.24, 2.45) is 5.29 Å². The number of carbonyl (C=O) groups excluding carboxylic acids is 1. The quantitative estimate of drug-likeness (QED) is 0.472. The molecule has 1 rings (SSSR count). The van der Waals surface area contributed by atoms with Gasteiger partial charge in [-0.05, 0) is 6.07 Å². The van der Waals surface area contributed by atoms with Crippen LogP contribution in [-0.2, 0) is 0 Å². The molecule has 0 atom stereocenters. The van der Waals surface area contributed by atoms with Gasteiger partial charge in [0.25, 0.3) is 5.91 Å². The fraction of sp³-hybridized carbons (Fsp3) is 0.167. The first-order valence-electron chi connectivity index (χ1n) is 2.89. The van der Waals surface area contributed by atoms with Crippen LogP contribution in [0.1, 0.15) is 10.4 Å². The maximum atomic E-state index is 11.0. The number of amides is 1. The van der Waals surface area contributed by atoms with Crippen molar-refractivity contribution in [3.05, 3.63) is 29.1 Å². The van der Waals surface area contributed by atoms with Crippen molar-refractivity contribution in [1.82, 2.24) is 5.01 Å². The van der Waals surface area contributed by atoms with E-state index < -0.39 is 5.91 Å². The van der Waals surface area contributed by atoms with E-state index in [1.165, 1.54) is 25.6 Å². The van der Waals surface area contributed by atoms with Gasteiger partial charge in [-0.3, -0.25) is 4.79 Å². The van der Waals surface area contributed by atoms with Gasteiger partial charge in [-0.2, -0.15) is 5.01 Å². The minimum atomic E-state index is -0.478. The van der Waals surface area contributed by atoms with Crippen LogP contribution in [0.3, 0.4) is 0 Å². The second kappa shape index (κ2) is 2.96. The molecule has 0 fully saturated rings. The average Bonchev–Trinajstić information content (AvgIpc) is 2.53. The van der Waals surface area contributed by atoms with Crippen molar-refractivity contribution in [3.63, 3.8) is 0 Å². The Balaban J connectivity index is 2.78. The molecule has 5 heteroatoms. The van der Waals surface area contributed by atoms with E-state index in [0.717, 1.165) is 0 Å². The number of nitroso groups, excluding NO2 is 1. The predicted octanol–water partition coefficient (Wildman–Crippen LogP) is 1.03. The monoisotopic (exact) mass is 154 g/mol. The zero-order valence-electron chi connectivity index (χ0n) is 5.85. The molecule has 1 aromatic heterocycles. The largest absolute Gasteiger partial charge is 0.472 e. The molecule has 1 amide bonds. The SMILES string of the molecule is CN(N=O)C(=O)c1ccoc1. The number of rotatable bonds is 2. The van der Waals surface area contributed by atoms with Gasteiger partial charge in [0.05, 0.1) is 17.1 Å². The van der Waals surface area contributed by atoms with E-state index in [-0.39, 0.29) is 0 Å². The highest BCUT2D eigenvalue weighted by Crippen LogP contribution is 2.03. The first kappa shape index (κ1) is 7.46. The molecule has 0 radical (unpaired) electrons. The van der Waals surface area contributed by atoms with Crippen LogP contribution in [0.15, 0.2) is 28.3 Å². The van der Waals surface area contributed by atoms with Gasteiger partial charge in [-0.15, -0.1) is 4.91 Å². The van der Waals surface area contributed by atoms with E-state index in [2.05, 4.69) is 9.70 Å². The van der Waals surface area contributed by atoms with E-state index >= 15 is 0 Å². The smallest absolute Gasteiger partial charge is 0.279 e. The molecule has 0 N–H and O–H groups in total. The van der Waals surface area contributed by atoms with Crippen LogP contribution < -0.4 is 0 Å². The highest BCUT2D eigenvalue weighted by molar-refractivity contribution is 5.93. The van der Waals surface area contributed by atoms with Crippen LogP contribution >= 0.6 is 0 Å². The Hall–Kier alpha value is -1.65. The molecule has 0 saturated carbocycles. The normalized spacial score (nSPS) is 9.18. The van der Waals surface area contributed by atoms with Gasteiger partial charge in [-0.1, -0.05) is 0 Å². The summed E-state index contributed by atoms with van der Waals surface area (Å²) in [6.07, 6.45) is 2.61. The van der Waals surface area contributed by atoms with Gasteiger partial charge in [0.15, 0.2) is 0 Å². The summed E-state index contributed by atoms with van der Waals surface area (Å²) in [5.41, 5.74) is 0.312. The summed E-state index contributed by atoms with van der Waals surface area (Å²) in [5.74, 6) is -0.478. The van der Waals surface area contributed by atoms with E-state index in [1.807, 2.05) is 0 Å². The Morgan fingerprint density at radius 1 is 1.73 bits per heavy atom. The van der Waals surface area contributed by atoms with Gasteiger partial charge in [-0.25, -0.2) is 0 Å². The second-order valence-electron chi connectivity index (χ2n) is 1.92. The summed E-state index contributed by atoms with van der Waals surface area (Å²) in [7, 11) is 1.28. The molecule has 0 saturated heterocycles. The van der Waals surface area contributed by atoms with E-state index in [0.29, 0.717) is 10.6 Å². The summed E-state index contributed by atoms with van der Waals surface area (Å²) in [4.78, 5) is 20.9. The molecule has 11 heavy (non-hydrogen) atoms. The molecule has 0 bridgehead atoms. The van der Waals surface area contributed by atoms with Crippen molar-refractivity contribution in [3.8, 4) is 0 Å². The Labute approximate surface area is 62.5 Å². The van der Waals surface area contributed by atoms with Crippen molar-refractivity contribution < 1.29 is 9.21 Å². The lowest BCUT2D eigenvalue weighted by atomic mass is 10.3. The Kier molecular flexibility index (Phi) is 2.00. The van der Waals surface area contributed by atoms with Crippen LogP contribution in [0.2, 0.25) is 0 Å². The predicted molar refractivity (Wildman–Crippen MR) is 36.6 cm³/mol. The molecule has 58 valence electrons. The second-order valence-corrected chi connectivity index (χ2v) is 1.92. The van der Waals surface area contributed by atoms with E-state index in [4.69, 9.17) is 0 Å². The van der Waals surface area contributed by atoms with E-state index in [9.17, 15) is 9.70 Å². The Bertz CT molecular complexity index is 255. The summed E-state index contributed by atoms with van der Waals surface area (Å²) in [6.45, 7) is 0. The fourth-order valence-electron chi connectivity index (χ4n) is 0.610. The lowest BCUT2D eigenvalue weighted by molar-refractivity contribution is 0.0796. The summed E-state index contributed by atoms with van der Waals surface area (Å²) in [5, 5.41) is 3.14. The number of nitrogens with zero attached hydrogens (tertiary/aromatic N) is 2. The van der Waals surface area contributed by atoms with Crippen LogP contribution in [0.5, 0.6) is 0 Å². The van der Waals surface area contributed by atoms with Crippen molar-refractivity contribution in [2.45, 2.75) is 0 Å². The molecule has 0 aliphatic heterocycles. The van der Waals surface area contributed by atoms with Crippen molar-refractivity contribution >= 4 is 5.91 Å². The van der Waals surface area contributed by atoms with Crippen LogP contribution in [-0.4, -0.2) is 18.0 Å². The molecular formula is C6H6N2O3. The van der Waals surface area contributed by atoms with E-state index in [1.54, 1.807) is 0 Å². The third-order valence-corrected chi connectivity index (χ3v) is 1.18. The zero-order valence-corrected chi connectivity index (χ0v) is 5.85. The summed E-state index contributed by atoms with van der Waals surface area (Å²) >= 11 is 0. The molecule has 1 aromatic rings. The number of hydrogen-bond acceptors (Lipinski definition) is 4. The first-order valence-corrected chi connectivity index (χ1v) is 2.89. The molecule has 0 aromatic carbocycles. The molecule has 5 nitrogen and oxygen atoms in total. The van der Waals surface area contributed by atoms with Crippen LogP contribution in [0, 0.1) is 4.91 Å². The molecular weight excluding hydrogens is 148 g/mol. The number of hydrogen-bond donors (Lipinski definition) is 0. The molecule has 0 aliphatic carbocycles. The van der Waals surface area contributed by atoms with Crippen molar-refractivity contribution in [1.29, 1.82) is 0 Å². The third-order valence-electron chi connectivity index (χ3n) is 1.18. The van der Waals surface area contributed by atoms with Gasteiger partial charge in [0, 0.05) is 7.05 Å². The minimum absolute atomic E-state index is 0.312. The lowest BCUT2D eigenvalue weighted by Crippen LogP contribution is -2.19. The summed E-state index contributed by atoms with van der Waals surface area (Å²) < 4.78 is 4.64.